The van der Waals surface area contributed by atoms with E-state index < -0.39 is 11.4 Å². The van der Waals surface area contributed by atoms with Crippen molar-refractivity contribution in [2.45, 2.75) is 32.3 Å². The number of fused-ring (bicyclic) bond motifs is 1. The van der Waals surface area contributed by atoms with Crippen molar-refractivity contribution in [3.05, 3.63) is 35.8 Å². The number of carbonyl (C=O) groups excluding carboxylic acids is 1. The average molecular weight is 278 g/mol. The van der Waals surface area contributed by atoms with Crippen molar-refractivity contribution in [2.24, 2.45) is 0 Å². The molecule has 20 heavy (non-hydrogen) atoms. The van der Waals surface area contributed by atoms with Crippen LogP contribution in [0.4, 0.5) is 4.39 Å². The molecule has 4 nitrogen and oxygen atoms in total. The number of benzene rings is 1. The maximum absolute atomic E-state index is 13.8. The van der Waals surface area contributed by atoms with Crippen molar-refractivity contribution < 1.29 is 14.3 Å². The summed E-state index contributed by atoms with van der Waals surface area (Å²) in [5.41, 5.74) is -0.0793. The fourth-order valence-electron chi connectivity index (χ4n) is 2.16. The topological polar surface area (TPSA) is 65.1 Å². The smallest absolute Gasteiger partial charge is 0.253 e. The summed E-state index contributed by atoms with van der Waals surface area (Å²) in [4.78, 5) is 15.0. The maximum Gasteiger partial charge on any atom is 0.253 e. The number of H-pyrrole nitrogens is 1. The first kappa shape index (κ1) is 14.5. The summed E-state index contributed by atoms with van der Waals surface area (Å²) in [6.07, 6.45) is 2.58. The molecular formula is C15H19FN2O2. The van der Waals surface area contributed by atoms with Crippen LogP contribution in [0.3, 0.4) is 0 Å². The van der Waals surface area contributed by atoms with Crippen molar-refractivity contribution in [3.63, 3.8) is 0 Å². The summed E-state index contributed by atoms with van der Waals surface area (Å²) in [6.45, 7) is 3.88. The van der Waals surface area contributed by atoms with Crippen LogP contribution < -0.4 is 5.32 Å². The van der Waals surface area contributed by atoms with Gasteiger partial charge in [-0.2, -0.15) is 0 Å². The molecule has 0 unspecified atom stereocenters. The fourth-order valence-corrected chi connectivity index (χ4v) is 2.16. The molecule has 0 atom stereocenters. The number of aliphatic hydroxyl groups is 1. The summed E-state index contributed by atoms with van der Waals surface area (Å²) in [5.74, 6) is -0.822. The molecule has 0 aliphatic carbocycles. The third-order valence-electron chi connectivity index (χ3n) is 3.79. The van der Waals surface area contributed by atoms with Gasteiger partial charge in [-0.25, -0.2) is 4.39 Å². The van der Waals surface area contributed by atoms with Crippen LogP contribution in [0.1, 0.15) is 37.0 Å². The lowest BCUT2D eigenvalue weighted by molar-refractivity contribution is 0.0314. The minimum Gasteiger partial charge on any atom is -0.388 e. The fraction of sp³-hybridized carbons (Fsp3) is 0.400. The quantitative estimate of drug-likeness (QED) is 0.787. The molecule has 0 aliphatic heterocycles. The Bertz CT molecular complexity index is 617. The van der Waals surface area contributed by atoms with Gasteiger partial charge in [0.05, 0.1) is 11.2 Å². The number of amides is 1. The van der Waals surface area contributed by atoms with Crippen molar-refractivity contribution in [2.75, 3.05) is 6.54 Å². The number of carbonyl (C=O) groups is 1. The van der Waals surface area contributed by atoms with Gasteiger partial charge >= 0.3 is 0 Å². The van der Waals surface area contributed by atoms with Crippen molar-refractivity contribution in [1.29, 1.82) is 0 Å². The highest BCUT2D eigenvalue weighted by Crippen LogP contribution is 2.21. The van der Waals surface area contributed by atoms with E-state index in [1.165, 1.54) is 12.3 Å². The molecule has 0 fully saturated rings. The summed E-state index contributed by atoms with van der Waals surface area (Å²) in [7, 11) is 0. The Morgan fingerprint density at radius 1 is 1.40 bits per heavy atom. The molecule has 3 N–H and O–H groups in total. The van der Waals surface area contributed by atoms with Gasteiger partial charge in [0, 0.05) is 23.6 Å². The Morgan fingerprint density at radius 3 is 2.75 bits per heavy atom. The summed E-state index contributed by atoms with van der Waals surface area (Å²) in [5, 5.41) is 13.1. The van der Waals surface area contributed by atoms with Gasteiger partial charge in [-0.1, -0.05) is 19.9 Å². The van der Waals surface area contributed by atoms with Crippen molar-refractivity contribution >= 4 is 16.8 Å². The summed E-state index contributed by atoms with van der Waals surface area (Å²) >= 11 is 0. The first-order valence-corrected chi connectivity index (χ1v) is 6.77. The standard InChI is InChI=1S/C15H19FN2O2/c1-3-15(20,4-2)9-18-14(19)10-8-17-12-7-5-6-11(16)13(10)12/h5-8,17,20H,3-4,9H2,1-2H3,(H,18,19). The first-order valence-electron chi connectivity index (χ1n) is 6.77. The lowest BCUT2D eigenvalue weighted by Crippen LogP contribution is -2.42. The van der Waals surface area contributed by atoms with Gasteiger partial charge in [-0.3, -0.25) is 4.79 Å². The highest BCUT2D eigenvalue weighted by atomic mass is 19.1. The highest BCUT2D eigenvalue weighted by Gasteiger charge is 2.24. The van der Waals surface area contributed by atoms with E-state index in [-0.39, 0.29) is 23.4 Å². The third kappa shape index (κ3) is 2.67. The molecule has 0 saturated heterocycles. The van der Waals surface area contributed by atoms with Gasteiger partial charge in [-0.15, -0.1) is 0 Å². The van der Waals surface area contributed by atoms with Gasteiger partial charge in [0.1, 0.15) is 5.82 Å². The van der Waals surface area contributed by atoms with E-state index in [0.717, 1.165) is 0 Å². The van der Waals surface area contributed by atoms with Gasteiger partial charge in [0.25, 0.3) is 5.91 Å². The Kier molecular flexibility index (Phi) is 4.09. The molecule has 0 spiro atoms. The second-order valence-electron chi connectivity index (χ2n) is 4.98. The molecule has 0 aliphatic rings. The predicted molar refractivity (Wildman–Crippen MR) is 76.1 cm³/mol. The normalized spacial score (nSPS) is 11.8. The second kappa shape index (κ2) is 5.63. The van der Waals surface area contributed by atoms with Gasteiger partial charge in [-0.05, 0) is 25.0 Å². The van der Waals surface area contributed by atoms with Crippen LogP contribution in [-0.2, 0) is 0 Å². The van der Waals surface area contributed by atoms with Gasteiger partial charge in [0.2, 0.25) is 0 Å². The SMILES string of the molecule is CCC(O)(CC)CNC(=O)c1c[nH]c2cccc(F)c12. The second-order valence-corrected chi connectivity index (χ2v) is 4.98. The minimum absolute atomic E-state index is 0.153. The van der Waals surface area contributed by atoms with Crippen LogP contribution in [0.15, 0.2) is 24.4 Å². The Morgan fingerprint density at radius 2 is 2.10 bits per heavy atom. The van der Waals surface area contributed by atoms with Crippen LogP contribution in [0.5, 0.6) is 0 Å². The third-order valence-corrected chi connectivity index (χ3v) is 3.79. The Balaban J connectivity index is 2.20. The molecular weight excluding hydrogens is 259 g/mol. The molecule has 2 aromatic rings. The van der Waals surface area contributed by atoms with Crippen molar-refractivity contribution in [3.8, 4) is 0 Å². The predicted octanol–water partition coefficient (Wildman–Crippen LogP) is 2.59. The molecule has 5 heteroatoms. The zero-order valence-corrected chi connectivity index (χ0v) is 11.7. The van der Waals surface area contributed by atoms with Gasteiger partial charge in [0.15, 0.2) is 0 Å². The maximum atomic E-state index is 13.8. The summed E-state index contributed by atoms with van der Waals surface area (Å²) < 4.78 is 13.8. The molecule has 1 aromatic heterocycles. The number of aromatic amines is 1. The monoisotopic (exact) mass is 278 g/mol. The molecule has 0 bridgehead atoms. The molecule has 0 radical (unpaired) electrons. The molecule has 2 rings (SSSR count). The first-order chi connectivity index (χ1) is 9.50. The van der Waals surface area contributed by atoms with Gasteiger partial charge < -0.3 is 15.4 Å². The number of aromatic nitrogens is 1. The van der Waals surface area contributed by atoms with Crippen LogP contribution in [0.25, 0.3) is 10.9 Å². The van der Waals surface area contributed by atoms with Crippen molar-refractivity contribution in [1.82, 2.24) is 10.3 Å². The van der Waals surface area contributed by atoms with Crippen LogP contribution in [0.2, 0.25) is 0 Å². The largest absolute Gasteiger partial charge is 0.388 e. The molecule has 1 amide bonds. The van der Waals surface area contributed by atoms with E-state index in [1.807, 2.05) is 13.8 Å². The van der Waals surface area contributed by atoms with E-state index in [1.54, 1.807) is 12.1 Å². The number of hydrogen-bond acceptors (Lipinski definition) is 2. The number of hydrogen-bond donors (Lipinski definition) is 3. The van der Waals surface area contributed by atoms with E-state index in [0.29, 0.717) is 18.4 Å². The van der Waals surface area contributed by atoms with E-state index in [9.17, 15) is 14.3 Å². The van der Waals surface area contributed by atoms with E-state index >= 15 is 0 Å². The van der Waals surface area contributed by atoms with E-state index in [4.69, 9.17) is 0 Å². The molecule has 108 valence electrons. The van der Waals surface area contributed by atoms with E-state index in [2.05, 4.69) is 10.3 Å². The number of nitrogens with one attached hydrogen (secondary N) is 2. The number of rotatable bonds is 5. The highest BCUT2D eigenvalue weighted by molar-refractivity contribution is 6.06. The Labute approximate surface area is 117 Å². The minimum atomic E-state index is -0.916. The zero-order valence-electron chi connectivity index (χ0n) is 11.7. The molecule has 1 heterocycles. The Hall–Kier alpha value is -1.88. The number of halogens is 1. The average Bonchev–Trinajstić information content (AvgIpc) is 2.90. The van der Waals surface area contributed by atoms with Crippen LogP contribution in [0, 0.1) is 5.82 Å². The zero-order chi connectivity index (χ0) is 14.8. The summed E-state index contributed by atoms with van der Waals surface area (Å²) in [6, 6.07) is 4.62. The van der Waals surface area contributed by atoms with Crippen LogP contribution in [-0.4, -0.2) is 28.1 Å². The lowest BCUT2D eigenvalue weighted by Gasteiger charge is -2.25. The molecule has 1 aromatic carbocycles. The lowest BCUT2D eigenvalue weighted by atomic mass is 9.97. The molecule has 0 saturated carbocycles. The van der Waals surface area contributed by atoms with Crippen LogP contribution >= 0.6 is 0 Å².